The third kappa shape index (κ3) is 3.53. The Labute approximate surface area is 158 Å². The molecule has 0 aliphatic rings. The van der Waals surface area contributed by atoms with Crippen LogP contribution in [0, 0.1) is 11.6 Å². The van der Waals surface area contributed by atoms with Gasteiger partial charge in [-0.1, -0.05) is 11.6 Å². The molecule has 0 amide bonds. The van der Waals surface area contributed by atoms with Crippen molar-refractivity contribution in [3.8, 4) is 5.75 Å². The molecule has 2 aromatic carbocycles. The number of pyridine rings is 1. The Morgan fingerprint density at radius 2 is 1.75 bits per heavy atom. The standard InChI is InChI=1S/C18H9ClF5N3O/c19-11-5-17(26-15-3-8(1-2-9(11)15)28-18(22,23)24)27-16-7-25-14-6-13(21)12(20)4-10(14)16/h1-7,25H,(H,26,27). The molecule has 0 aliphatic carbocycles. The number of benzene rings is 2. The number of ether oxygens (including phenoxy) is 1. The van der Waals surface area contributed by atoms with Crippen LogP contribution in [0.1, 0.15) is 0 Å². The van der Waals surface area contributed by atoms with Gasteiger partial charge in [-0.3, -0.25) is 0 Å². The van der Waals surface area contributed by atoms with Crippen LogP contribution in [-0.4, -0.2) is 16.3 Å². The smallest absolute Gasteiger partial charge is 0.406 e. The van der Waals surface area contributed by atoms with Crippen LogP contribution in [-0.2, 0) is 0 Å². The molecule has 10 heteroatoms. The molecule has 0 saturated carbocycles. The molecule has 144 valence electrons. The summed E-state index contributed by atoms with van der Waals surface area (Å²) < 4.78 is 68.0. The highest BCUT2D eigenvalue weighted by Crippen LogP contribution is 2.33. The van der Waals surface area contributed by atoms with Crippen molar-refractivity contribution in [3.05, 3.63) is 59.3 Å². The molecular weight excluding hydrogens is 405 g/mol. The van der Waals surface area contributed by atoms with Gasteiger partial charge < -0.3 is 15.0 Å². The van der Waals surface area contributed by atoms with Crippen molar-refractivity contribution < 1.29 is 26.7 Å². The van der Waals surface area contributed by atoms with Crippen LogP contribution in [0.4, 0.5) is 33.5 Å². The van der Waals surface area contributed by atoms with Gasteiger partial charge in [0.15, 0.2) is 11.6 Å². The number of hydrogen-bond donors (Lipinski definition) is 2. The fourth-order valence-electron chi connectivity index (χ4n) is 2.79. The maximum atomic E-state index is 13.5. The maximum Gasteiger partial charge on any atom is 0.573 e. The topological polar surface area (TPSA) is 49.9 Å². The van der Waals surface area contributed by atoms with E-state index in [9.17, 15) is 22.0 Å². The molecular formula is C18H9ClF5N3O. The highest BCUT2D eigenvalue weighted by molar-refractivity contribution is 6.35. The zero-order chi connectivity index (χ0) is 20.1. The fourth-order valence-corrected chi connectivity index (χ4v) is 3.05. The lowest BCUT2D eigenvalue weighted by atomic mass is 10.2. The molecule has 0 bridgehead atoms. The highest BCUT2D eigenvalue weighted by Gasteiger charge is 2.31. The van der Waals surface area contributed by atoms with E-state index in [-0.39, 0.29) is 16.4 Å². The van der Waals surface area contributed by atoms with Crippen molar-refractivity contribution in [2.24, 2.45) is 0 Å². The Hall–Kier alpha value is -3.07. The number of fused-ring (bicyclic) bond motifs is 2. The largest absolute Gasteiger partial charge is 0.573 e. The quantitative estimate of drug-likeness (QED) is 0.388. The number of nitrogens with one attached hydrogen (secondary N) is 2. The van der Waals surface area contributed by atoms with Crippen molar-refractivity contribution in [1.29, 1.82) is 0 Å². The average Bonchev–Trinajstić information content (AvgIpc) is 2.95. The summed E-state index contributed by atoms with van der Waals surface area (Å²) in [5.74, 6) is -2.25. The normalized spacial score (nSPS) is 11.9. The van der Waals surface area contributed by atoms with Crippen LogP contribution in [0.25, 0.3) is 21.8 Å². The number of aromatic nitrogens is 2. The number of anilines is 2. The van der Waals surface area contributed by atoms with Gasteiger partial charge in [0.1, 0.15) is 11.6 Å². The van der Waals surface area contributed by atoms with Crippen LogP contribution < -0.4 is 10.1 Å². The number of rotatable bonds is 3. The van der Waals surface area contributed by atoms with Gasteiger partial charge in [-0.25, -0.2) is 13.8 Å². The Kier molecular flexibility index (Phi) is 4.26. The number of nitrogens with zero attached hydrogens (tertiary/aromatic N) is 1. The van der Waals surface area contributed by atoms with Gasteiger partial charge in [0.2, 0.25) is 0 Å². The van der Waals surface area contributed by atoms with Gasteiger partial charge >= 0.3 is 6.36 Å². The van der Waals surface area contributed by atoms with Crippen molar-refractivity contribution in [2.75, 3.05) is 5.32 Å². The average molecular weight is 414 g/mol. The molecule has 0 atom stereocenters. The van der Waals surface area contributed by atoms with Gasteiger partial charge in [0, 0.05) is 35.2 Å². The van der Waals surface area contributed by atoms with Crippen molar-refractivity contribution in [1.82, 2.24) is 9.97 Å². The second-order valence-corrected chi connectivity index (χ2v) is 6.26. The molecule has 4 nitrogen and oxygen atoms in total. The summed E-state index contributed by atoms with van der Waals surface area (Å²) in [7, 11) is 0. The van der Waals surface area contributed by atoms with Crippen LogP contribution in [0.5, 0.6) is 5.75 Å². The number of alkyl halides is 3. The minimum absolute atomic E-state index is 0.161. The predicted octanol–water partition coefficient (Wildman–Crippen LogP) is 6.29. The first kappa shape index (κ1) is 18.3. The summed E-state index contributed by atoms with van der Waals surface area (Å²) >= 11 is 6.19. The Morgan fingerprint density at radius 1 is 1.00 bits per heavy atom. The maximum absolute atomic E-state index is 13.5. The van der Waals surface area contributed by atoms with Gasteiger partial charge in [0.05, 0.1) is 21.7 Å². The minimum atomic E-state index is -4.84. The molecule has 28 heavy (non-hydrogen) atoms. The second-order valence-electron chi connectivity index (χ2n) is 5.86. The molecule has 0 saturated heterocycles. The van der Waals surface area contributed by atoms with Crippen molar-refractivity contribution >= 4 is 44.9 Å². The van der Waals surface area contributed by atoms with Gasteiger partial charge in [-0.05, 0) is 18.2 Å². The van der Waals surface area contributed by atoms with E-state index in [2.05, 4.69) is 20.0 Å². The second kappa shape index (κ2) is 6.52. The third-order valence-corrected chi connectivity index (χ3v) is 4.26. The molecule has 2 N–H and O–H groups in total. The lowest BCUT2D eigenvalue weighted by molar-refractivity contribution is -0.274. The van der Waals surface area contributed by atoms with Crippen LogP contribution in [0.15, 0.2) is 42.6 Å². The molecule has 2 heterocycles. The van der Waals surface area contributed by atoms with Crippen LogP contribution in [0.2, 0.25) is 5.02 Å². The van der Waals surface area contributed by atoms with E-state index in [1.54, 1.807) is 0 Å². The molecule has 0 unspecified atom stereocenters. The van der Waals surface area contributed by atoms with E-state index in [1.165, 1.54) is 18.3 Å². The van der Waals surface area contributed by atoms with Crippen LogP contribution in [0.3, 0.4) is 0 Å². The van der Waals surface area contributed by atoms with Gasteiger partial charge in [0.25, 0.3) is 0 Å². The summed E-state index contributed by atoms with van der Waals surface area (Å²) in [4.78, 5) is 7.01. The van der Waals surface area contributed by atoms with E-state index in [1.807, 2.05) is 0 Å². The molecule has 2 aromatic heterocycles. The number of aromatic amines is 1. The van der Waals surface area contributed by atoms with Crippen LogP contribution >= 0.6 is 11.6 Å². The summed E-state index contributed by atoms with van der Waals surface area (Å²) in [6, 6.07) is 7.09. The zero-order valence-corrected chi connectivity index (χ0v) is 14.4. The Morgan fingerprint density at radius 3 is 2.50 bits per heavy atom. The Bertz CT molecular complexity index is 1210. The van der Waals surface area contributed by atoms with E-state index >= 15 is 0 Å². The molecule has 4 rings (SSSR count). The first-order valence-corrected chi connectivity index (χ1v) is 8.16. The fraction of sp³-hybridized carbons (Fsp3) is 0.0556. The molecule has 0 radical (unpaired) electrons. The first-order valence-electron chi connectivity index (χ1n) is 7.79. The van der Waals surface area contributed by atoms with Gasteiger partial charge in [-0.15, -0.1) is 13.2 Å². The highest BCUT2D eigenvalue weighted by atomic mass is 35.5. The van der Waals surface area contributed by atoms with Crippen molar-refractivity contribution in [2.45, 2.75) is 6.36 Å². The van der Waals surface area contributed by atoms with Gasteiger partial charge in [-0.2, -0.15) is 0 Å². The summed E-state index contributed by atoms with van der Waals surface area (Å²) in [5.41, 5.74) is 0.905. The third-order valence-electron chi connectivity index (χ3n) is 3.95. The van der Waals surface area contributed by atoms with E-state index in [4.69, 9.17) is 11.6 Å². The SMILES string of the molecule is Fc1cc2[nH]cc(Nc3cc(Cl)c4ccc(OC(F)(F)F)cc4n3)c2cc1F. The number of hydrogen-bond acceptors (Lipinski definition) is 3. The monoisotopic (exact) mass is 413 g/mol. The minimum Gasteiger partial charge on any atom is -0.406 e. The first-order chi connectivity index (χ1) is 13.2. The van der Waals surface area contributed by atoms with Crippen molar-refractivity contribution in [3.63, 3.8) is 0 Å². The summed E-state index contributed by atoms with van der Waals surface area (Å²) in [6.45, 7) is 0. The summed E-state index contributed by atoms with van der Waals surface area (Å²) in [6.07, 6.45) is -3.36. The van der Waals surface area contributed by atoms with E-state index in [0.717, 1.165) is 24.3 Å². The molecule has 0 spiro atoms. The lowest BCUT2D eigenvalue weighted by Gasteiger charge is -2.11. The predicted molar refractivity (Wildman–Crippen MR) is 94.9 cm³/mol. The molecule has 4 aromatic rings. The number of H-pyrrole nitrogens is 1. The summed E-state index contributed by atoms with van der Waals surface area (Å²) in [5, 5.41) is 3.93. The van der Waals surface area contributed by atoms with E-state index < -0.39 is 23.7 Å². The number of halogens is 6. The molecule has 0 aliphatic heterocycles. The van der Waals surface area contributed by atoms with E-state index in [0.29, 0.717) is 22.0 Å². The Balaban J connectivity index is 1.73. The molecule has 0 fully saturated rings. The lowest BCUT2D eigenvalue weighted by Crippen LogP contribution is -2.17. The zero-order valence-electron chi connectivity index (χ0n) is 13.7.